The number of carbonyl (C=O) groups is 1. The maximum absolute atomic E-state index is 13.7. The molecular weight excluding hydrogens is 473 g/mol. The van der Waals surface area contributed by atoms with E-state index in [-0.39, 0.29) is 17.9 Å². The Morgan fingerprint density at radius 3 is 2.25 bits per heavy atom. The van der Waals surface area contributed by atoms with Crippen molar-refractivity contribution < 1.29 is 13.9 Å². The van der Waals surface area contributed by atoms with Crippen molar-refractivity contribution in [3.05, 3.63) is 77.4 Å². The summed E-state index contributed by atoms with van der Waals surface area (Å²) >= 11 is 1.62. The molecule has 1 aromatic heterocycles. The lowest BCUT2D eigenvalue weighted by atomic mass is 10.1. The van der Waals surface area contributed by atoms with E-state index < -0.39 is 0 Å². The molecule has 1 fully saturated rings. The van der Waals surface area contributed by atoms with Gasteiger partial charge in [-0.15, -0.1) is 11.8 Å². The van der Waals surface area contributed by atoms with Gasteiger partial charge in [0.1, 0.15) is 17.3 Å². The van der Waals surface area contributed by atoms with E-state index in [4.69, 9.17) is 4.74 Å². The van der Waals surface area contributed by atoms with Crippen LogP contribution in [0.4, 0.5) is 14.9 Å². The number of anilines is 1. The number of nitrogens with zero attached hydrogens (tertiary/aromatic N) is 2. The quantitative estimate of drug-likeness (QED) is 0.259. The molecule has 1 aliphatic rings. The minimum Gasteiger partial charge on any atom is -0.457 e. The predicted octanol–water partition coefficient (Wildman–Crippen LogP) is 8.11. The fourth-order valence-electron chi connectivity index (χ4n) is 4.72. The van der Waals surface area contributed by atoms with E-state index in [1.54, 1.807) is 23.9 Å². The second-order valence-electron chi connectivity index (χ2n) is 9.33. The van der Waals surface area contributed by atoms with Crippen molar-refractivity contribution >= 4 is 23.5 Å². The summed E-state index contributed by atoms with van der Waals surface area (Å²) in [5.74, 6) is 0.952. The summed E-state index contributed by atoms with van der Waals surface area (Å²) in [6.45, 7) is 4.43. The molecule has 0 aliphatic heterocycles. The summed E-state index contributed by atoms with van der Waals surface area (Å²) in [5.41, 5.74) is 3.60. The lowest BCUT2D eigenvalue weighted by molar-refractivity contribution is 0.175. The Bertz CT molecular complexity index is 1160. The molecule has 1 aliphatic carbocycles. The van der Waals surface area contributed by atoms with Crippen molar-refractivity contribution in [1.29, 1.82) is 0 Å². The molecule has 2 amide bonds. The third kappa shape index (κ3) is 6.78. The highest BCUT2D eigenvalue weighted by Gasteiger charge is 2.26. The topological polar surface area (TPSA) is 54.5 Å². The maximum atomic E-state index is 13.7. The fraction of sp³-hybridized carbons (Fsp3) is 0.379. The van der Waals surface area contributed by atoms with Gasteiger partial charge in [-0.05, 0) is 81.0 Å². The molecule has 2 aromatic carbocycles. The van der Waals surface area contributed by atoms with Gasteiger partial charge in [0.2, 0.25) is 0 Å². The molecule has 0 saturated heterocycles. The fourth-order valence-corrected chi connectivity index (χ4v) is 5.41. The lowest BCUT2D eigenvalue weighted by Gasteiger charge is -2.32. The highest BCUT2D eigenvalue weighted by atomic mass is 32.2. The van der Waals surface area contributed by atoms with E-state index in [0.717, 1.165) is 53.2 Å². The Hall–Kier alpha value is -3.06. The number of ether oxygens (including phenoxy) is 1. The Morgan fingerprint density at radius 2 is 1.64 bits per heavy atom. The second-order valence-corrected chi connectivity index (χ2v) is 10.2. The summed E-state index contributed by atoms with van der Waals surface area (Å²) in [5, 5.41) is 3.19. The van der Waals surface area contributed by atoms with Crippen LogP contribution in [-0.4, -0.2) is 28.2 Å². The average Bonchev–Trinajstić information content (AvgIpc) is 3.15. The normalized spacial score (nSPS) is 14.2. The Balaban J connectivity index is 1.53. The number of carbonyl (C=O) groups excluding carboxylic acids is 1. The van der Waals surface area contributed by atoms with Crippen LogP contribution in [0.2, 0.25) is 0 Å². The van der Waals surface area contributed by atoms with Gasteiger partial charge in [-0.3, -0.25) is 4.98 Å². The van der Waals surface area contributed by atoms with Crippen molar-refractivity contribution in [2.75, 3.05) is 11.6 Å². The van der Waals surface area contributed by atoms with E-state index in [0.29, 0.717) is 18.0 Å². The van der Waals surface area contributed by atoms with Crippen LogP contribution in [0.1, 0.15) is 55.5 Å². The number of halogens is 1. The molecule has 4 rings (SSSR count). The van der Waals surface area contributed by atoms with Crippen molar-refractivity contribution in [1.82, 2.24) is 9.88 Å². The first-order valence-electron chi connectivity index (χ1n) is 12.5. The highest BCUT2D eigenvalue weighted by molar-refractivity contribution is 7.98. The molecule has 0 atom stereocenters. The molecule has 1 N–H and O–H groups in total. The van der Waals surface area contributed by atoms with E-state index in [2.05, 4.69) is 10.3 Å². The van der Waals surface area contributed by atoms with Crippen molar-refractivity contribution in [3.63, 3.8) is 0 Å². The van der Waals surface area contributed by atoms with Gasteiger partial charge in [-0.1, -0.05) is 37.8 Å². The van der Waals surface area contributed by atoms with Crippen LogP contribution in [0.3, 0.4) is 0 Å². The first-order valence-corrected chi connectivity index (χ1v) is 13.8. The smallest absolute Gasteiger partial charge is 0.322 e. The molecule has 190 valence electrons. The number of hydrogen-bond acceptors (Lipinski definition) is 4. The number of pyridine rings is 1. The van der Waals surface area contributed by atoms with E-state index >= 15 is 0 Å². The van der Waals surface area contributed by atoms with Crippen LogP contribution in [-0.2, 0) is 6.54 Å². The number of thioether (sulfide) groups is 1. The van der Waals surface area contributed by atoms with Gasteiger partial charge in [0.25, 0.3) is 0 Å². The molecule has 0 radical (unpaired) electrons. The number of nitrogens with one attached hydrogen (secondary N) is 1. The van der Waals surface area contributed by atoms with Gasteiger partial charge in [0, 0.05) is 23.2 Å². The molecule has 0 bridgehead atoms. The lowest BCUT2D eigenvalue weighted by Crippen LogP contribution is -2.42. The first kappa shape index (κ1) is 26.0. The van der Waals surface area contributed by atoms with Gasteiger partial charge < -0.3 is 15.0 Å². The number of urea groups is 1. The number of rotatable bonds is 7. The van der Waals surface area contributed by atoms with Gasteiger partial charge in [-0.2, -0.15) is 0 Å². The zero-order chi connectivity index (χ0) is 25.5. The molecule has 1 heterocycles. The second kappa shape index (κ2) is 12.3. The summed E-state index contributed by atoms with van der Waals surface area (Å²) in [6, 6.07) is 15.8. The van der Waals surface area contributed by atoms with Crippen LogP contribution < -0.4 is 10.1 Å². The number of hydrogen-bond donors (Lipinski definition) is 1. The van der Waals surface area contributed by atoms with Crippen molar-refractivity contribution in [3.8, 4) is 11.5 Å². The summed E-state index contributed by atoms with van der Waals surface area (Å²) in [7, 11) is 0. The minimum absolute atomic E-state index is 0.0856. The molecule has 36 heavy (non-hydrogen) atoms. The Labute approximate surface area is 217 Å². The van der Waals surface area contributed by atoms with Crippen LogP contribution in [0, 0.1) is 19.7 Å². The zero-order valence-corrected chi connectivity index (χ0v) is 22.0. The van der Waals surface area contributed by atoms with E-state index in [1.165, 1.54) is 25.0 Å². The first-order chi connectivity index (χ1) is 17.4. The van der Waals surface area contributed by atoms with Crippen LogP contribution in [0.25, 0.3) is 0 Å². The largest absolute Gasteiger partial charge is 0.457 e. The van der Waals surface area contributed by atoms with E-state index in [9.17, 15) is 9.18 Å². The number of benzene rings is 2. The number of aryl methyl sites for hydroxylation is 2. The molecule has 3 aromatic rings. The standard InChI is InChI=1S/C29H34FN3O2S/c1-20-18-27(36-3)28(21(2)31-20)32-29(34)33(24-8-6-4-5-7-9-24)19-22-10-14-25(15-11-22)35-26-16-12-23(30)13-17-26/h10-18,24H,4-9,19H2,1-3H3,(H,32,34). The van der Waals surface area contributed by atoms with E-state index in [1.807, 2.05) is 55.3 Å². The third-order valence-electron chi connectivity index (χ3n) is 6.60. The van der Waals surface area contributed by atoms with Crippen molar-refractivity contribution in [2.24, 2.45) is 0 Å². The molecule has 0 unspecified atom stereocenters. The van der Waals surface area contributed by atoms with Crippen molar-refractivity contribution in [2.45, 2.75) is 69.9 Å². The highest BCUT2D eigenvalue weighted by Crippen LogP contribution is 2.31. The molecule has 0 spiro atoms. The Morgan fingerprint density at radius 1 is 1.03 bits per heavy atom. The summed E-state index contributed by atoms with van der Waals surface area (Å²) in [4.78, 5) is 21.3. The van der Waals surface area contributed by atoms with Crippen LogP contribution >= 0.6 is 11.8 Å². The Kier molecular flexibility index (Phi) is 8.86. The molecule has 5 nitrogen and oxygen atoms in total. The molecule has 7 heteroatoms. The molecule has 1 saturated carbocycles. The zero-order valence-electron chi connectivity index (χ0n) is 21.2. The third-order valence-corrected chi connectivity index (χ3v) is 7.36. The van der Waals surface area contributed by atoms with Crippen LogP contribution in [0.15, 0.2) is 59.5 Å². The van der Waals surface area contributed by atoms with Gasteiger partial charge >= 0.3 is 6.03 Å². The van der Waals surface area contributed by atoms with Gasteiger partial charge in [-0.25, -0.2) is 9.18 Å². The molecular formula is C29H34FN3O2S. The van der Waals surface area contributed by atoms with Gasteiger partial charge in [0.15, 0.2) is 0 Å². The monoisotopic (exact) mass is 507 g/mol. The summed E-state index contributed by atoms with van der Waals surface area (Å²) < 4.78 is 19.0. The van der Waals surface area contributed by atoms with Crippen LogP contribution in [0.5, 0.6) is 11.5 Å². The number of amides is 2. The average molecular weight is 508 g/mol. The number of aromatic nitrogens is 1. The minimum atomic E-state index is -0.296. The maximum Gasteiger partial charge on any atom is 0.322 e. The van der Waals surface area contributed by atoms with Gasteiger partial charge in [0.05, 0.1) is 11.4 Å². The summed E-state index contributed by atoms with van der Waals surface area (Å²) in [6.07, 6.45) is 8.76. The predicted molar refractivity (Wildman–Crippen MR) is 144 cm³/mol. The SMILES string of the molecule is CSc1cc(C)nc(C)c1NC(=O)N(Cc1ccc(Oc2ccc(F)cc2)cc1)C1CCCCCC1.